The topological polar surface area (TPSA) is 104 Å². The van der Waals surface area contributed by atoms with Gasteiger partial charge in [0, 0.05) is 18.3 Å². The normalized spacial score (nSPS) is 14.6. The van der Waals surface area contributed by atoms with Gasteiger partial charge in [-0.1, -0.05) is 24.3 Å². The fourth-order valence-electron chi connectivity index (χ4n) is 1.40. The fourth-order valence-corrected chi connectivity index (χ4v) is 1.52. The number of nitrogens with two attached hydrogens (primary N) is 1. The highest BCUT2D eigenvalue weighted by Gasteiger charge is 2.14. The van der Waals surface area contributed by atoms with Crippen molar-refractivity contribution in [3.8, 4) is 0 Å². The van der Waals surface area contributed by atoms with E-state index in [1.165, 1.54) is 0 Å². The second-order valence-electron chi connectivity index (χ2n) is 4.21. The van der Waals surface area contributed by atoms with E-state index in [9.17, 15) is 9.59 Å². The first-order chi connectivity index (χ1) is 9.51. The Balaban J connectivity index is 4.27. The van der Waals surface area contributed by atoms with E-state index in [4.69, 9.17) is 10.8 Å². The summed E-state index contributed by atoms with van der Waals surface area (Å²) in [6, 6.07) is -0.0706. The van der Waals surface area contributed by atoms with Crippen molar-refractivity contribution in [2.45, 2.75) is 12.5 Å². The van der Waals surface area contributed by atoms with Crippen LogP contribution in [0.3, 0.4) is 0 Å². The van der Waals surface area contributed by atoms with Gasteiger partial charge in [-0.25, -0.2) is 0 Å². The molecule has 20 heavy (non-hydrogen) atoms. The molecule has 0 aromatic rings. The van der Waals surface area contributed by atoms with Crippen LogP contribution in [0.15, 0.2) is 24.3 Å². The molecule has 0 bridgehead atoms. The van der Waals surface area contributed by atoms with E-state index >= 15 is 0 Å². The summed E-state index contributed by atoms with van der Waals surface area (Å²) in [5.74, 6) is -1.19. The summed E-state index contributed by atoms with van der Waals surface area (Å²) in [7, 11) is 1.73. The molecule has 114 valence electrons. The number of nitrogens with one attached hydrogen (secondary N) is 2. The van der Waals surface area contributed by atoms with Crippen molar-refractivity contribution in [1.82, 2.24) is 10.6 Å². The second kappa shape index (κ2) is 11.5. The number of allylic oxidation sites excluding steroid dienone is 2. The van der Waals surface area contributed by atoms with Crippen molar-refractivity contribution in [3.05, 3.63) is 24.3 Å². The first-order valence-corrected chi connectivity index (χ1v) is 6.98. The van der Waals surface area contributed by atoms with Crippen molar-refractivity contribution in [1.29, 1.82) is 0 Å². The van der Waals surface area contributed by atoms with Crippen LogP contribution in [0.4, 0.5) is 0 Å². The minimum absolute atomic E-state index is 0.0706. The molecular formula is C13H23N3O3S. The molecule has 0 fully saturated rings. The lowest BCUT2D eigenvalue weighted by molar-refractivity contribution is -0.138. The SMILES string of the molecule is CNCC(/C=C/C/C=C/C(N)CS)C(=O)NCC(=O)O. The number of carboxylic acids is 1. The molecule has 0 rings (SSSR count). The molecule has 2 unspecified atom stereocenters. The van der Waals surface area contributed by atoms with Crippen LogP contribution in [0, 0.1) is 5.92 Å². The zero-order chi connectivity index (χ0) is 15.4. The van der Waals surface area contributed by atoms with Gasteiger partial charge >= 0.3 is 5.97 Å². The Morgan fingerprint density at radius 3 is 2.55 bits per heavy atom. The molecule has 0 radical (unpaired) electrons. The third-order valence-corrected chi connectivity index (χ3v) is 2.83. The van der Waals surface area contributed by atoms with E-state index in [1.807, 2.05) is 18.2 Å². The summed E-state index contributed by atoms with van der Waals surface area (Å²) in [6.45, 7) is 0.0748. The van der Waals surface area contributed by atoms with Crippen molar-refractivity contribution in [2.75, 3.05) is 25.9 Å². The summed E-state index contributed by atoms with van der Waals surface area (Å²) in [5.41, 5.74) is 5.66. The van der Waals surface area contributed by atoms with Crippen molar-refractivity contribution in [2.24, 2.45) is 11.7 Å². The number of hydrogen-bond donors (Lipinski definition) is 5. The number of carbonyl (C=O) groups is 2. The van der Waals surface area contributed by atoms with Crippen LogP contribution in [-0.4, -0.2) is 48.9 Å². The highest BCUT2D eigenvalue weighted by molar-refractivity contribution is 7.80. The molecule has 0 heterocycles. The molecule has 0 saturated heterocycles. The van der Waals surface area contributed by atoms with Gasteiger partial charge < -0.3 is 21.5 Å². The van der Waals surface area contributed by atoms with Crippen LogP contribution in [-0.2, 0) is 9.59 Å². The molecule has 5 N–H and O–H groups in total. The third kappa shape index (κ3) is 9.60. The van der Waals surface area contributed by atoms with Gasteiger partial charge in [-0.15, -0.1) is 0 Å². The van der Waals surface area contributed by atoms with Crippen molar-refractivity contribution < 1.29 is 14.7 Å². The molecule has 2 atom stereocenters. The molecule has 7 heteroatoms. The number of hydrogen-bond acceptors (Lipinski definition) is 5. The van der Waals surface area contributed by atoms with E-state index in [0.717, 1.165) is 0 Å². The lowest BCUT2D eigenvalue weighted by Crippen LogP contribution is -2.37. The quantitative estimate of drug-likeness (QED) is 0.283. The lowest BCUT2D eigenvalue weighted by atomic mass is 10.1. The number of carboxylic acid groups (broad SMARTS) is 1. The Morgan fingerprint density at radius 1 is 1.35 bits per heavy atom. The average molecular weight is 301 g/mol. The molecule has 0 aliphatic carbocycles. The number of thiol groups is 1. The summed E-state index contributed by atoms with van der Waals surface area (Å²) in [5, 5.41) is 13.8. The average Bonchev–Trinajstić information content (AvgIpc) is 2.42. The monoisotopic (exact) mass is 301 g/mol. The van der Waals surface area contributed by atoms with Gasteiger partial charge in [0.25, 0.3) is 0 Å². The van der Waals surface area contributed by atoms with Gasteiger partial charge in [0.2, 0.25) is 5.91 Å². The largest absolute Gasteiger partial charge is 0.480 e. The number of amides is 1. The van der Waals surface area contributed by atoms with Crippen LogP contribution >= 0.6 is 12.6 Å². The molecule has 0 spiro atoms. The lowest BCUT2D eigenvalue weighted by Gasteiger charge is -2.11. The van der Waals surface area contributed by atoms with E-state index in [2.05, 4.69) is 23.3 Å². The van der Waals surface area contributed by atoms with Crippen molar-refractivity contribution in [3.63, 3.8) is 0 Å². The van der Waals surface area contributed by atoms with Gasteiger partial charge in [0.05, 0.1) is 5.92 Å². The maximum atomic E-state index is 11.7. The predicted molar refractivity (Wildman–Crippen MR) is 82.8 cm³/mol. The minimum atomic E-state index is -1.06. The highest BCUT2D eigenvalue weighted by Crippen LogP contribution is 2.00. The smallest absolute Gasteiger partial charge is 0.322 e. The molecule has 0 aromatic carbocycles. The summed E-state index contributed by atoms with van der Waals surface area (Å²) >= 11 is 4.06. The molecule has 0 saturated carbocycles. The van der Waals surface area contributed by atoms with E-state index in [-0.39, 0.29) is 18.5 Å². The molecule has 0 aliphatic rings. The summed E-state index contributed by atoms with van der Waals surface area (Å²) in [6.07, 6.45) is 8.03. The number of aliphatic carboxylic acids is 1. The Morgan fingerprint density at radius 2 is 2.00 bits per heavy atom. The molecule has 0 aliphatic heterocycles. The first-order valence-electron chi connectivity index (χ1n) is 6.35. The van der Waals surface area contributed by atoms with Gasteiger partial charge in [0.1, 0.15) is 6.54 Å². The Hall–Kier alpha value is -1.31. The van der Waals surface area contributed by atoms with Gasteiger partial charge in [-0.3, -0.25) is 9.59 Å². The zero-order valence-corrected chi connectivity index (χ0v) is 12.5. The molecule has 1 amide bonds. The highest BCUT2D eigenvalue weighted by atomic mass is 32.1. The Kier molecular flexibility index (Phi) is 10.8. The maximum absolute atomic E-state index is 11.7. The summed E-state index contributed by atoms with van der Waals surface area (Å²) < 4.78 is 0. The third-order valence-electron chi connectivity index (χ3n) is 2.41. The number of rotatable bonds is 10. The molecular weight excluding hydrogens is 278 g/mol. The fraction of sp³-hybridized carbons (Fsp3) is 0.538. The van der Waals surface area contributed by atoms with Crippen LogP contribution < -0.4 is 16.4 Å². The van der Waals surface area contributed by atoms with E-state index in [0.29, 0.717) is 18.7 Å². The molecule has 0 aromatic heterocycles. The van der Waals surface area contributed by atoms with E-state index in [1.54, 1.807) is 13.1 Å². The first kappa shape index (κ1) is 18.7. The van der Waals surface area contributed by atoms with Crippen molar-refractivity contribution >= 4 is 24.5 Å². The van der Waals surface area contributed by atoms with Gasteiger partial charge in [0.15, 0.2) is 0 Å². The van der Waals surface area contributed by atoms with Crippen LogP contribution in [0.25, 0.3) is 0 Å². The maximum Gasteiger partial charge on any atom is 0.322 e. The second-order valence-corrected chi connectivity index (χ2v) is 4.58. The van der Waals surface area contributed by atoms with E-state index < -0.39 is 11.9 Å². The number of carbonyl (C=O) groups excluding carboxylic acids is 1. The predicted octanol–water partition coefficient (Wildman–Crippen LogP) is -0.218. The van der Waals surface area contributed by atoms with Gasteiger partial charge in [-0.2, -0.15) is 12.6 Å². The Bertz CT molecular complexity index is 359. The van der Waals surface area contributed by atoms with Crippen LogP contribution in [0.2, 0.25) is 0 Å². The molecule has 6 nitrogen and oxygen atoms in total. The summed E-state index contributed by atoms with van der Waals surface area (Å²) in [4.78, 5) is 22.1. The van der Waals surface area contributed by atoms with Crippen LogP contribution in [0.5, 0.6) is 0 Å². The Labute approximate surface area is 124 Å². The standard InChI is InChI=1S/C13H23N3O3S/c1-15-7-10(13(19)16-8-12(17)18)5-3-2-4-6-11(14)9-20/h3-6,10-11,15,20H,2,7-9,14H2,1H3,(H,16,19)(H,17,18)/b5-3+,6-4+. The van der Waals surface area contributed by atoms with Crippen LogP contribution in [0.1, 0.15) is 6.42 Å². The minimum Gasteiger partial charge on any atom is -0.480 e. The van der Waals surface area contributed by atoms with Gasteiger partial charge in [-0.05, 0) is 13.5 Å². The zero-order valence-electron chi connectivity index (χ0n) is 11.6.